The summed E-state index contributed by atoms with van der Waals surface area (Å²) in [7, 11) is 0. The summed E-state index contributed by atoms with van der Waals surface area (Å²) in [5, 5.41) is 5.48. The molecule has 0 nitrogen and oxygen atoms in total. The van der Waals surface area contributed by atoms with Crippen molar-refractivity contribution < 1.29 is 50.6 Å². The summed E-state index contributed by atoms with van der Waals surface area (Å²) < 4.78 is 75.6. The van der Waals surface area contributed by atoms with Gasteiger partial charge in [-0.15, -0.1) is 39.7 Å². The normalized spacial score (nSPS) is 12.3. The van der Waals surface area contributed by atoms with Gasteiger partial charge in [0.05, 0.1) is 0 Å². The first-order valence-corrected chi connectivity index (χ1v) is 16.7. The van der Waals surface area contributed by atoms with Crippen LogP contribution in [-0.4, -0.2) is 3.21 Å². The zero-order chi connectivity index (χ0) is 35.5. The van der Waals surface area contributed by atoms with E-state index >= 15 is 0 Å². The van der Waals surface area contributed by atoms with E-state index in [4.69, 9.17) is 0 Å². The predicted molar refractivity (Wildman–Crippen MR) is 183 cm³/mol. The Hall–Kier alpha value is -3.57. The second-order valence-electron chi connectivity index (χ2n) is 13.7. The van der Waals surface area contributed by atoms with Gasteiger partial charge in [0.15, 0.2) is 0 Å². The first-order chi connectivity index (χ1) is 22.2. The minimum Gasteiger partial charge on any atom is -0.214 e. The number of alkyl halides is 6. The van der Waals surface area contributed by atoms with Crippen LogP contribution in [0.2, 0.25) is 0 Å². The summed E-state index contributed by atoms with van der Waals surface area (Å²) in [5.74, 6) is 0. The number of halogens is 6. The van der Waals surface area contributed by atoms with Crippen molar-refractivity contribution in [3.63, 3.8) is 0 Å². The molecule has 0 saturated carbocycles. The quantitative estimate of drug-likeness (QED) is 0.123. The van der Waals surface area contributed by atoms with Gasteiger partial charge in [0.25, 0.3) is 0 Å². The molecular formula is C41H38F6Zr. The van der Waals surface area contributed by atoms with Crippen molar-refractivity contribution in [2.24, 2.45) is 0 Å². The van der Waals surface area contributed by atoms with Crippen molar-refractivity contribution in [2.45, 2.75) is 64.7 Å². The third-order valence-electron chi connectivity index (χ3n) is 7.99. The minimum absolute atomic E-state index is 0.203. The Morgan fingerprint density at radius 2 is 0.833 bits per heavy atom. The molecule has 0 saturated heterocycles. The van der Waals surface area contributed by atoms with Crippen molar-refractivity contribution in [1.82, 2.24) is 0 Å². The van der Waals surface area contributed by atoms with E-state index in [1.807, 2.05) is 30.3 Å². The molecule has 0 heterocycles. The molecule has 6 rings (SSSR count). The van der Waals surface area contributed by atoms with Crippen LogP contribution in [0, 0.1) is 0 Å². The Labute approximate surface area is 293 Å². The van der Waals surface area contributed by atoms with Crippen LogP contribution in [0.25, 0.3) is 21.5 Å². The maximum Gasteiger partial charge on any atom is -0.172 e. The fourth-order valence-corrected chi connectivity index (χ4v) is 5.91. The Morgan fingerprint density at radius 1 is 0.500 bits per heavy atom. The van der Waals surface area contributed by atoms with Gasteiger partial charge in [-0.05, 0) is 10.8 Å². The molecule has 0 aliphatic rings. The van der Waals surface area contributed by atoms with E-state index in [9.17, 15) is 26.3 Å². The van der Waals surface area contributed by atoms with Gasteiger partial charge >= 0.3 is 137 Å². The fourth-order valence-electron chi connectivity index (χ4n) is 5.09. The summed E-state index contributed by atoms with van der Waals surface area (Å²) in [6.45, 7) is 13.6. The van der Waals surface area contributed by atoms with Gasteiger partial charge in [-0.2, -0.15) is 18.2 Å². The van der Waals surface area contributed by atoms with Crippen LogP contribution >= 0.6 is 0 Å². The number of benzene rings is 4. The molecule has 0 fully saturated rings. The number of rotatable bonds is 2. The van der Waals surface area contributed by atoms with Crippen molar-refractivity contribution in [3.8, 4) is 0 Å². The first kappa shape index (κ1) is 37.3. The Bertz CT molecular complexity index is 1800. The van der Waals surface area contributed by atoms with Crippen LogP contribution in [0.1, 0.15) is 74.9 Å². The molecule has 0 amide bonds. The average Bonchev–Trinajstić information content (AvgIpc) is 3.71. The standard InChI is InChI=1S/C21H25.C15H8F6.C5H5.Zr/c1-20(2,3)16-7-9-18-14(12-16)11-15-13-17(21(4,5)6)8-10-19(15)18;16-14(17,18)12-5-1-10(2-6-12)9-11-3-7-13(8-4-11)15(19,20)21;1-2-4-5-3-1;/h7-13H,1-6H3;1-8H;1-5H;/q-1;;-1;+2. The van der Waals surface area contributed by atoms with E-state index in [2.05, 4.69) is 84.0 Å². The number of fused-ring (bicyclic) bond motifs is 3. The van der Waals surface area contributed by atoms with E-state index in [-0.39, 0.29) is 10.8 Å². The molecule has 0 bridgehead atoms. The van der Waals surface area contributed by atoms with Gasteiger partial charge in [-0.1, -0.05) is 76.9 Å². The molecule has 0 aromatic heterocycles. The first-order valence-electron chi connectivity index (χ1n) is 15.5. The minimum atomic E-state index is -4.41. The molecule has 0 radical (unpaired) electrons. The van der Waals surface area contributed by atoms with Crippen LogP contribution < -0.4 is 0 Å². The molecule has 0 aliphatic carbocycles. The molecule has 7 heteroatoms. The van der Waals surface area contributed by atoms with E-state index in [0.717, 1.165) is 48.5 Å². The van der Waals surface area contributed by atoms with Crippen molar-refractivity contribution in [1.29, 1.82) is 0 Å². The van der Waals surface area contributed by atoms with Crippen molar-refractivity contribution in [2.75, 3.05) is 0 Å². The topological polar surface area (TPSA) is 0 Å². The van der Waals surface area contributed by atoms with Gasteiger partial charge in [-0.25, -0.2) is 12.1 Å². The monoisotopic (exact) mass is 734 g/mol. The van der Waals surface area contributed by atoms with Crippen LogP contribution in [0.15, 0.2) is 121 Å². The maximum atomic E-state index is 12.5. The average molecular weight is 736 g/mol. The molecule has 48 heavy (non-hydrogen) atoms. The molecule has 248 valence electrons. The van der Waals surface area contributed by atoms with Crippen LogP contribution in [-0.2, 0) is 47.4 Å². The smallest absolute Gasteiger partial charge is 0.172 e. The molecule has 6 aromatic rings. The Morgan fingerprint density at radius 3 is 1.10 bits per heavy atom. The van der Waals surface area contributed by atoms with Gasteiger partial charge in [0, 0.05) is 0 Å². The number of hydrogen-bond acceptors (Lipinski definition) is 0. The number of hydrogen-bond donors (Lipinski definition) is 0. The van der Waals surface area contributed by atoms with Crippen LogP contribution in [0.3, 0.4) is 0 Å². The summed E-state index contributed by atoms with van der Waals surface area (Å²) >= 11 is 0.898. The van der Waals surface area contributed by atoms with Gasteiger partial charge in [0.1, 0.15) is 0 Å². The second-order valence-corrected chi connectivity index (χ2v) is 15.0. The van der Waals surface area contributed by atoms with Gasteiger partial charge in [0.2, 0.25) is 0 Å². The second kappa shape index (κ2) is 14.5. The molecule has 6 aromatic carbocycles. The van der Waals surface area contributed by atoms with Gasteiger partial charge < -0.3 is 0 Å². The van der Waals surface area contributed by atoms with Crippen molar-refractivity contribution in [3.05, 3.63) is 155 Å². The Balaban J connectivity index is 0.000000189. The van der Waals surface area contributed by atoms with E-state index in [1.54, 1.807) is 0 Å². The molecule has 0 N–H and O–H groups in total. The zero-order valence-corrected chi connectivity index (χ0v) is 30.3. The largest absolute Gasteiger partial charge is 0.214 e. The fraction of sp³-hybridized carbons (Fsp3) is 0.244. The van der Waals surface area contributed by atoms with Crippen molar-refractivity contribution >= 4 is 24.8 Å². The molecule has 0 unspecified atom stereocenters. The summed E-state index contributed by atoms with van der Waals surface area (Å²) in [6.07, 6.45) is -8.82. The van der Waals surface area contributed by atoms with E-state index < -0.39 is 23.5 Å². The molecule has 0 spiro atoms. The van der Waals surface area contributed by atoms with Crippen LogP contribution in [0.4, 0.5) is 26.3 Å². The third-order valence-corrected chi connectivity index (χ3v) is 9.41. The Kier molecular flexibility index (Phi) is 11.3. The van der Waals surface area contributed by atoms with E-state index in [0.29, 0.717) is 14.3 Å². The van der Waals surface area contributed by atoms with E-state index in [1.165, 1.54) is 56.9 Å². The SMILES string of the molecule is CC(C)(C)c1ccc2c(c1)[cH-]c1cc(C(C)(C)C)ccc12.FC(F)(F)c1ccc([C](=[Zr+2])c2ccc(C(F)(F)F)cc2)cc1.c1cc[cH-]c1. The zero-order valence-electron chi connectivity index (χ0n) is 27.8. The van der Waals surface area contributed by atoms with Gasteiger partial charge in [-0.3, -0.25) is 0 Å². The molecule has 0 atom stereocenters. The summed E-state index contributed by atoms with van der Waals surface area (Å²) in [5.41, 5.74) is 2.82. The summed E-state index contributed by atoms with van der Waals surface area (Å²) in [4.78, 5) is 0. The third kappa shape index (κ3) is 9.53. The summed E-state index contributed by atoms with van der Waals surface area (Å²) in [6, 6.07) is 35.3. The maximum absolute atomic E-state index is 12.5. The predicted octanol–water partition coefficient (Wildman–Crippen LogP) is 12.6. The van der Waals surface area contributed by atoms with Crippen LogP contribution in [0.5, 0.6) is 0 Å². The molecule has 0 aliphatic heterocycles. The molecular weight excluding hydrogens is 698 g/mol.